The van der Waals surface area contributed by atoms with Crippen LogP contribution in [0.5, 0.6) is 5.75 Å². The van der Waals surface area contributed by atoms with Crippen LogP contribution in [-0.4, -0.2) is 27.9 Å². The molecule has 1 unspecified atom stereocenters. The number of hydrogen-bond acceptors (Lipinski definition) is 5. The number of aliphatic hydroxyl groups is 1. The van der Waals surface area contributed by atoms with Crippen LogP contribution >= 0.6 is 11.6 Å². The lowest BCUT2D eigenvalue weighted by atomic mass is 10.1. The molecule has 0 saturated carbocycles. The normalized spacial score (nSPS) is 12.5. The third kappa shape index (κ3) is 4.03. The summed E-state index contributed by atoms with van der Waals surface area (Å²) in [6.07, 6.45) is 0.468. The third-order valence-corrected chi connectivity index (χ3v) is 3.24. The minimum Gasteiger partial charge on any atom is -0.507 e. The number of non-ortho nitro benzene ring substituents is 1. The monoisotopic (exact) mass is 320 g/mol. The lowest BCUT2D eigenvalue weighted by Crippen LogP contribution is -2.01. The van der Waals surface area contributed by atoms with E-state index in [1.54, 1.807) is 24.3 Å². The van der Waals surface area contributed by atoms with Gasteiger partial charge in [0.1, 0.15) is 5.75 Å². The zero-order valence-electron chi connectivity index (χ0n) is 11.4. The molecule has 2 aromatic rings. The van der Waals surface area contributed by atoms with Crippen molar-refractivity contribution >= 4 is 23.5 Å². The Kier molecular flexibility index (Phi) is 5.08. The summed E-state index contributed by atoms with van der Waals surface area (Å²) in [6.45, 7) is 0.0593. The summed E-state index contributed by atoms with van der Waals surface area (Å²) >= 11 is 5.76. The van der Waals surface area contributed by atoms with E-state index in [9.17, 15) is 20.3 Å². The van der Waals surface area contributed by atoms with Gasteiger partial charge in [0.15, 0.2) is 0 Å². The highest BCUT2D eigenvalue weighted by Crippen LogP contribution is 2.22. The van der Waals surface area contributed by atoms with E-state index in [1.807, 2.05) is 0 Å². The van der Waals surface area contributed by atoms with E-state index in [1.165, 1.54) is 24.4 Å². The van der Waals surface area contributed by atoms with Crippen LogP contribution in [0, 0.1) is 10.1 Å². The summed E-state index contributed by atoms with van der Waals surface area (Å²) < 4.78 is 0. The van der Waals surface area contributed by atoms with Gasteiger partial charge >= 0.3 is 0 Å². The second-order valence-electron chi connectivity index (χ2n) is 4.56. The van der Waals surface area contributed by atoms with Crippen molar-refractivity contribution in [3.63, 3.8) is 0 Å². The van der Waals surface area contributed by atoms with Gasteiger partial charge in [-0.15, -0.1) is 0 Å². The van der Waals surface area contributed by atoms with Crippen LogP contribution in [0.15, 0.2) is 47.5 Å². The average Bonchev–Trinajstić information content (AvgIpc) is 2.49. The molecular formula is C15H13ClN2O4. The van der Waals surface area contributed by atoms with E-state index in [4.69, 9.17) is 11.6 Å². The van der Waals surface area contributed by atoms with Crippen molar-refractivity contribution in [3.05, 3.63) is 68.7 Å². The van der Waals surface area contributed by atoms with Crippen LogP contribution < -0.4 is 0 Å². The van der Waals surface area contributed by atoms with Gasteiger partial charge in [0.25, 0.3) is 5.69 Å². The maximum absolute atomic E-state index is 10.7. The molecule has 0 aliphatic heterocycles. The first kappa shape index (κ1) is 15.9. The molecule has 1 atom stereocenters. The summed E-state index contributed by atoms with van der Waals surface area (Å²) in [5.74, 6) is -0.115. The highest BCUT2D eigenvalue weighted by molar-refractivity contribution is 6.30. The lowest BCUT2D eigenvalue weighted by molar-refractivity contribution is -0.384. The molecule has 6 nitrogen and oxygen atoms in total. The summed E-state index contributed by atoms with van der Waals surface area (Å²) in [5, 5.41) is 30.9. The number of rotatable bonds is 5. The van der Waals surface area contributed by atoms with E-state index in [2.05, 4.69) is 4.99 Å². The lowest BCUT2D eigenvalue weighted by Gasteiger charge is -2.07. The van der Waals surface area contributed by atoms with Crippen molar-refractivity contribution < 1.29 is 15.1 Å². The van der Waals surface area contributed by atoms with Crippen molar-refractivity contribution in [1.29, 1.82) is 0 Å². The van der Waals surface area contributed by atoms with Crippen molar-refractivity contribution in [2.24, 2.45) is 4.99 Å². The number of aliphatic hydroxyl groups excluding tert-OH is 1. The fraction of sp³-hybridized carbons (Fsp3) is 0.133. The molecule has 0 aliphatic rings. The van der Waals surface area contributed by atoms with Gasteiger partial charge in [0.05, 0.1) is 17.6 Å². The molecular weight excluding hydrogens is 308 g/mol. The summed E-state index contributed by atoms with van der Waals surface area (Å²) in [7, 11) is 0. The molecule has 0 saturated heterocycles. The number of nitro groups is 1. The number of halogens is 1. The molecule has 0 bridgehead atoms. The molecule has 0 aromatic heterocycles. The number of aromatic hydroxyl groups is 1. The molecule has 0 heterocycles. The number of phenolic OH excluding ortho intramolecular Hbond substituents is 1. The molecule has 2 N–H and O–H groups in total. The van der Waals surface area contributed by atoms with Crippen LogP contribution in [0.2, 0.25) is 5.02 Å². The Morgan fingerprint density at radius 3 is 2.59 bits per heavy atom. The van der Waals surface area contributed by atoms with Crippen LogP contribution in [0.25, 0.3) is 0 Å². The Bertz CT molecular complexity index is 701. The standard InChI is InChI=1S/C15H13ClN2O4/c16-12-3-1-10(2-4-12)15(20)9-17-8-11-7-13(18(21)22)5-6-14(11)19/h1-8,15,19-20H,9H2. The third-order valence-electron chi connectivity index (χ3n) is 2.99. The van der Waals surface area contributed by atoms with E-state index >= 15 is 0 Å². The average molecular weight is 321 g/mol. The van der Waals surface area contributed by atoms with Gasteiger partial charge in [-0.05, 0) is 23.8 Å². The summed E-state index contributed by atoms with van der Waals surface area (Å²) in [4.78, 5) is 14.1. The number of hydrogen-bond donors (Lipinski definition) is 2. The number of benzene rings is 2. The first-order valence-electron chi connectivity index (χ1n) is 6.38. The molecule has 114 valence electrons. The van der Waals surface area contributed by atoms with E-state index < -0.39 is 11.0 Å². The molecule has 0 spiro atoms. The maximum Gasteiger partial charge on any atom is 0.270 e. The van der Waals surface area contributed by atoms with Crippen molar-refractivity contribution in [3.8, 4) is 5.75 Å². The predicted molar refractivity (Wildman–Crippen MR) is 83.6 cm³/mol. The van der Waals surface area contributed by atoms with Gasteiger partial charge in [0, 0.05) is 28.9 Å². The van der Waals surface area contributed by atoms with Gasteiger partial charge in [-0.3, -0.25) is 15.1 Å². The first-order chi connectivity index (χ1) is 10.5. The van der Waals surface area contributed by atoms with Crippen molar-refractivity contribution in [1.82, 2.24) is 0 Å². The quantitative estimate of drug-likeness (QED) is 0.502. The smallest absolute Gasteiger partial charge is 0.270 e. The summed E-state index contributed by atoms with van der Waals surface area (Å²) in [6, 6.07) is 10.4. The molecule has 0 fully saturated rings. The second kappa shape index (κ2) is 7.02. The SMILES string of the molecule is O=[N+]([O-])c1ccc(O)c(C=NCC(O)c2ccc(Cl)cc2)c1. The Morgan fingerprint density at radius 1 is 1.27 bits per heavy atom. The van der Waals surface area contributed by atoms with Crippen LogP contribution in [0.3, 0.4) is 0 Å². The zero-order valence-corrected chi connectivity index (χ0v) is 12.1. The Hall–Kier alpha value is -2.44. The Labute approximate surface area is 131 Å². The highest BCUT2D eigenvalue weighted by atomic mass is 35.5. The molecule has 2 rings (SSSR count). The molecule has 22 heavy (non-hydrogen) atoms. The van der Waals surface area contributed by atoms with Gasteiger partial charge in [-0.2, -0.15) is 0 Å². The Balaban J connectivity index is 2.07. The number of nitro benzene ring substituents is 1. The van der Waals surface area contributed by atoms with Gasteiger partial charge in [-0.25, -0.2) is 0 Å². The fourth-order valence-electron chi connectivity index (χ4n) is 1.80. The number of phenols is 1. The highest BCUT2D eigenvalue weighted by Gasteiger charge is 2.09. The largest absolute Gasteiger partial charge is 0.507 e. The van der Waals surface area contributed by atoms with E-state index in [-0.39, 0.29) is 23.5 Å². The summed E-state index contributed by atoms with van der Waals surface area (Å²) in [5.41, 5.74) is 0.736. The van der Waals surface area contributed by atoms with E-state index in [0.717, 1.165) is 0 Å². The van der Waals surface area contributed by atoms with Crippen LogP contribution in [0.1, 0.15) is 17.2 Å². The fourth-order valence-corrected chi connectivity index (χ4v) is 1.93. The topological polar surface area (TPSA) is 96.0 Å². The van der Waals surface area contributed by atoms with Gasteiger partial charge in [-0.1, -0.05) is 23.7 Å². The minimum atomic E-state index is -0.825. The zero-order chi connectivity index (χ0) is 16.1. The van der Waals surface area contributed by atoms with Crippen molar-refractivity contribution in [2.45, 2.75) is 6.10 Å². The molecule has 7 heteroatoms. The molecule has 2 aromatic carbocycles. The number of nitrogens with zero attached hydrogens (tertiary/aromatic N) is 2. The van der Waals surface area contributed by atoms with Crippen LogP contribution in [-0.2, 0) is 0 Å². The van der Waals surface area contributed by atoms with Gasteiger partial charge < -0.3 is 10.2 Å². The molecule has 0 amide bonds. The molecule has 0 aliphatic carbocycles. The second-order valence-corrected chi connectivity index (χ2v) is 5.00. The van der Waals surface area contributed by atoms with Gasteiger partial charge in [0.2, 0.25) is 0 Å². The van der Waals surface area contributed by atoms with E-state index in [0.29, 0.717) is 10.6 Å². The maximum atomic E-state index is 10.7. The van der Waals surface area contributed by atoms with Crippen molar-refractivity contribution in [2.75, 3.05) is 6.54 Å². The molecule has 0 radical (unpaired) electrons. The first-order valence-corrected chi connectivity index (χ1v) is 6.76. The number of aliphatic imine (C=N–C) groups is 1. The predicted octanol–water partition coefficient (Wildman–Crippen LogP) is 3.11. The Morgan fingerprint density at radius 2 is 1.95 bits per heavy atom. The van der Waals surface area contributed by atoms with Crippen LogP contribution in [0.4, 0.5) is 5.69 Å². The minimum absolute atomic E-state index is 0.0593.